The standard InChI is InChI=1S/C15H19IO3/c16-13-3-1-2-4-14(13)19-12-5-8-18-15(11-12)6-9-17-10-7-15/h1-4,12H,5-11H2. The van der Waals surface area contributed by atoms with Crippen LogP contribution in [0.4, 0.5) is 0 Å². The van der Waals surface area contributed by atoms with Gasteiger partial charge in [-0.1, -0.05) is 12.1 Å². The van der Waals surface area contributed by atoms with Crippen molar-refractivity contribution < 1.29 is 14.2 Å². The molecule has 2 aliphatic heterocycles. The highest BCUT2D eigenvalue weighted by Crippen LogP contribution is 2.36. The van der Waals surface area contributed by atoms with Crippen LogP contribution in [0.15, 0.2) is 24.3 Å². The fourth-order valence-electron chi connectivity index (χ4n) is 2.90. The van der Waals surface area contributed by atoms with Crippen molar-refractivity contribution in [3.63, 3.8) is 0 Å². The summed E-state index contributed by atoms with van der Waals surface area (Å²) in [4.78, 5) is 0. The zero-order chi connectivity index (χ0) is 13.1. The van der Waals surface area contributed by atoms with Crippen LogP contribution in [0.3, 0.4) is 0 Å². The maximum atomic E-state index is 6.19. The van der Waals surface area contributed by atoms with E-state index in [9.17, 15) is 0 Å². The monoisotopic (exact) mass is 374 g/mol. The Labute approximate surface area is 127 Å². The van der Waals surface area contributed by atoms with Gasteiger partial charge >= 0.3 is 0 Å². The maximum Gasteiger partial charge on any atom is 0.133 e. The smallest absolute Gasteiger partial charge is 0.133 e. The highest BCUT2D eigenvalue weighted by Gasteiger charge is 2.39. The Kier molecular flexibility index (Phi) is 4.29. The molecule has 2 saturated heterocycles. The fraction of sp³-hybridized carbons (Fsp3) is 0.600. The Hall–Kier alpha value is -0.330. The van der Waals surface area contributed by atoms with E-state index < -0.39 is 0 Å². The third-order valence-electron chi connectivity index (χ3n) is 3.98. The zero-order valence-electron chi connectivity index (χ0n) is 10.9. The second-order valence-corrected chi connectivity index (χ2v) is 6.47. The van der Waals surface area contributed by atoms with Crippen molar-refractivity contribution in [1.82, 2.24) is 0 Å². The Morgan fingerprint density at radius 1 is 1.16 bits per heavy atom. The molecular formula is C15H19IO3. The Balaban J connectivity index is 1.67. The van der Waals surface area contributed by atoms with Gasteiger partial charge in [0.1, 0.15) is 11.9 Å². The normalized spacial score (nSPS) is 26.3. The molecule has 3 rings (SSSR count). The predicted molar refractivity (Wildman–Crippen MR) is 81.5 cm³/mol. The molecule has 0 radical (unpaired) electrons. The second-order valence-electron chi connectivity index (χ2n) is 5.31. The second kappa shape index (κ2) is 5.97. The van der Waals surface area contributed by atoms with Crippen LogP contribution in [-0.2, 0) is 9.47 Å². The summed E-state index contributed by atoms with van der Waals surface area (Å²) in [5.74, 6) is 0.997. The third-order valence-corrected chi connectivity index (χ3v) is 4.87. The van der Waals surface area contributed by atoms with Crippen molar-refractivity contribution in [2.45, 2.75) is 37.4 Å². The first-order valence-corrected chi connectivity index (χ1v) is 7.98. The summed E-state index contributed by atoms with van der Waals surface area (Å²) < 4.78 is 18.8. The lowest BCUT2D eigenvalue weighted by Gasteiger charge is -2.43. The zero-order valence-corrected chi connectivity index (χ0v) is 13.1. The lowest BCUT2D eigenvalue weighted by Crippen LogP contribution is -2.47. The van der Waals surface area contributed by atoms with E-state index in [0.717, 1.165) is 51.3 Å². The minimum atomic E-state index is 0.00137. The number of halogens is 1. The number of benzene rings is 1. The summed E-state index contributed by atoms with van der Waals surface area (Å²) in [7, 11) is 0. The lowest BCUT2D eigenvalue weighted by atomic mass is 9.85. The molecule has 1 aromatic rings. The molecule has 0 saturated carbocycles. The van der Waals surface area contributed by atoms with E-state index in [0.29, 0.717) is 0 Å². The van der Waals surface area contributed by atoms with Crippen LogP contribution >= 0.6 is 22.6 Å². The van der Waals surface area contributed by atoms with E-state index in [4.69, 9.17) is 14.2 Å². The molecule has 1 unspecified atom stereocenters. The van der Waals surface area contributed by atoms with Gasteiger partial charge in [0.25, 0.3) is 0 Å². The molecule has 3 nitrogen and oxygen atoms in total. The van der Waals surface area contributed by atoms with Gasteiger partial charge in [-0.3, -0.25) is 0 Å². The van der Waals surface area contributed by atoms with Crippen molar-refractivity contribution in [2.24, 2.45) is 0 Å². The fourth-order valence-corrected chi connectivity index (χ4v) is 3.41. The van der Waals surface area contributed by atoms with Crippen molar-refractivity contribution in [3.05, 3.63) is 27.8 Å². The van der Waals surface area contributed by atoms with E-state index >= 15 is 0 Å². The van der Waals surface area contributed by atoms with E-state index in [1.807, 2.05) is 18.2 Å². The van der Waals surface area contributed by atoms with Crippen molar-refractivity contribution in [1.29, 1.82) is 0 Å². The summed E-state index contributed by atoms with van der Waals surface area (Å²) in [5, 5.41) is 0. The highest BCUT2D eigenvalue weighted by molar-refractivity contribution is 14.1. The first-order valence-electron chi connectivity index (χ1n) is 6.90. The Morgan fingerprint density at radius 2 is 1.95 bits per heavy atom. The number of hydrogen-bond donors (Lipinski definition) is 0. The molecule has 104 valence electrons. The summed E-state index contributed by atoms with van der Waals surface area (Å²) >= 11 is 2.33. The molecule has 2 aliphatic rings. The van der Waals surface area contributed by atoms with Crippen LogP contribution in [-0.4, -0.2) is 31.5 Å². The topological polar surface area (TPSA) is 27.7 Å². The minimum Gasteiger partial charge on any atom is -0.489 e. The van der Waals surface area contributed by atoms with Crippen LogP contribution in [0.1, 0.15) is 25.7 Å². The molecule has 0 amide bonds. The van der Waals surface area contributed by atoms with Crippen LogP contribution in [0.2, 0.25) is 0 Å². The predicted octanol–water partition coefficient (Wildman–Crippen LogP) is 3.40. The Morgan fingerprint density at radius 3 is 2.74 bits per heavy atom. The number of para-hydroxylation sites is 1. The summed E-state index contributed by atoms with van der Waals surface area (Å²) in [5.41, 5.74) is 0.00137. The maximum absolute atomic E-state index is 6.19. The minimum absolute atomic E-state index is 0.00137. The number of hydrogen-bond acceptors (Lipinski definition) is 3. The Bertz CT molecular complexity index is 424. The molecule has 2 fully saturated rings. The SMILES string of the molecule is Ic1ccccc1OC1CCOC2(CCOCC2)C1. The van der Waals surface area contributed by atoms with Gasteiger partial charge in [-0.25, -0.2) is 0 Å². The van der Waals surface area contributed by atoms with Crippen LogP contribution in [0, 0.1) is 3.57 Å². The quantitative estimate of drug-likeness (QED) is 0.743. The van der Waals surface area contributed by atoms with Gasteiger partial charge in [-0.05, 0) is 47.6 Å². The number of ether oxygens (including phenoxy) is 3. The molecule has 19 heavy (non-hydrogen) atoms. The van der Waals surface area contributed by atoms with Gasteiger partial charge in [-0.2, -0.15) is 0 Å². The van der Waals surface area contributed by atoms with Gasteiger partial charge in [-0.15, -0.1) is 0 Å². The lowest BCUT2D eigenvalue weighted by molar-refractivity contribution is -0.155. The molecule has 1 atom stereocenters. The van der Waals surface area contributed by atoms with Crippen LogP contribution in [0.5, 0.6) is 5.75 Å². The molecule has 0 aliphatic carbocycles. The van der Waals surface area contributed by atoms with Crippen molar-refractivity contribution in [3.8, 4) is 5.75 Å². The molecule has 4 heteroatoms. The highest BCUT2D eigenvalue weighted by atomic mass is 127. The van der Waals surface area contributed by atoms with Gasteiger partial charge in [0.2, 0.25) is 0 Å². The van der Waals surface area contributed by atoms with Crippen molar-refractivity contribution >= 4 is 22.6 Å². The third kappa shape index (κ3) is 3.23. The molecule has 0 aromatic heterocycles. The number of rotatable bonds is 2. The average molecular weight is 374 g/mol. The first-order chi connectivity index (χ1) is 9.27. The molecule has 0 bridgehead atoms. The van der Waals surface area contributed by atoms with E-state index in [2.05, 4.69) is 28.7 Å². The van der Waals surface area contributed by atoms with E-state index in [1.54, 1.807) is 0 Å². The van der Waals surface area contributed by atoms with Gasteiger partial charge < -0.3 is 14.2 Å². The molecule has 1 aromatic carbocycles. The van der Waals surface area contributed by atoms with E-state index in [1.165, 1.54) is 3.57 Å². The summed E-state index contributed by atoms with van der Waals surface area (Å²) in [6, 6.07) is 8.20. The van der Waals surface area contributed by atoms with Crippen molar-refractivity contribution in [2.75, 3.05) is 19.8 Å². The van der Waals surface area contributed by atoms with Gasteiger partial charge in [0.05, 0.1) is 15.8 Å². The summed E-state index contributed by atoms with van der Waals surface area (Å²) in [6.07, 6.45) is 4.23. The van der Waals surface area contributed by atoms with Crippen LogP contribution in [0.25, 0.3) is 0 Å². The largest absolute Gasteiger partial charge is 0.489 e. The van der Waals surface area contributed by atoms with Gasteiger partial charge in [0.15, 0.2) is 0 Å². The average Bonchev–Trinajstić information content (AvgIpc) is 2.42. The molecule has 2 heterocycles. The van der Waals surface area contributed by atoms with E-state index in [-0.39, 0.29) is 11.7 Å². The molecule has 1 spiro atoms. The van der Waals surface area contributed by atoms with Crippen LogP contribution < -0.4 is 4.74 Å². The molecule has 0 N–H and O–H groups in total. The summed E-state index contributed by atoms with van der Waals surface area (Å²) in [6.45, 7) is 2.43. The van der Waals surface area contributed by atoms with Gasteiger partial charge in [0, 0.05) is 26.1 Å². The molecular weight excluding hydrogens is 355 g/mol. The first kappa shape index (κ1) is 13.6.